The fraction of sp³-hybridized carbons (Fsp3) is 0.429. The van der Waals surface area contributed by atoms with Crippen LogP contribution in [0.25, 0.3) is 0 Å². The first-order chi connectivity index (χ1) is 9.81. The average Bonchev–Trinajstić information content (AvgIpc) is 2.43. The van der Waals surface area contributed by atoms with Gasteiger partial charge in [0.25, 0.3) is 0 Å². The lowest BCUT2D eigenvalue weighted by Gasteiger charge is -2.09. The number of rotatable bonds is 7. The first kappa shape index (κ1) is 17.2. The Kier molecular flexibility index (Phi) is 6.36. The van der Waals surface area contributed by atoms with E-state index in [0.29, 0.717) is 0 Å². The maximum absolute atomic E-state index is 12.0. The van der Waals surface area contributed by atoms with Crippen LogP contribution in [0.2, 0.25) is 0 Å². The molecule has 0 aliphatic heterocycles. The normalized spacial score (nSPS) is 11.2. The fourth-order valence-corrected chi connectivity index (χ4v) is 2.87. The lowest BCUT2D eigenvalue weighted by atomic mass is 10.4. The van der Waals surface area contributed by atoms with E-state index in [-0.39, 0.29) is 35.6 Å². The number of amides is 2. The van der Waals surface area contributed by atoms with Gasteiger partial charge in [0.2, 0.25) is 11.8 Å². The highest BCUT2D eigenvalue weighted by molar-refractivity contribution is 7.91. The van der Waals surface area contributed by atoms with Crippen molar-refractivity contribution in [1.82, 2.24) is 10.6 Å². The van der Waals surface area contributed by atoms with E-state index in [1.807, 2.05) is 13.8 Å². The van der Waals surface area contributed by atoms with Crippen molar-refractivity contribution in [3.63, 3.8) is 0 Å². The number of hydrogen-bond donors (Lipinski definition) is 2. The molecule has 0 bridgehead atoms. The minimum absolute atomic E-state index is 0.00661. The van der Waals surface area contributed by atoms with Gasteiger partial charge in [-0.05, 0) is 26.0 Å². The highest BCUT2D eigenvalue weighted by Gasteiger charge is 2.16. The van der Waals surface area contributed by atoms with E-state index >= 15 is 0 Å². The molecule has 6 nitrogen and oxygen atoms in total. The minimum Gasteiger partial charge on any atom is -0.352 e. The number of carbonyl (C=O) groups excluding carboxylic acids is 2. The fourth-order valence-electron chi connectivity index (χ4n) is 1.61. The van der Waals surface area contributed by atoms with E-state index in [4.69, 9.17) is 0 Å². The van der Waals surface area contributed by atoms with Gasteiger partial charge in [-0.3, -0.25) is 9.59 Å². The van der Waals surface area contributed by atoms with Crippen LogP contribution in [0, 0.1) is 0 Å². The highest BCUT2D eigenvalue weighted by Crippen LogP contribution is 2.10. The van der Waals surface area contributed by atoms with Gasteiger partial charge in [-0.15, -0.1) is 0 Å². The van der Waals surface area contributed by atoms with E-state index in [2.05, 4.69) is 10.6 Å². The standard InChI is InChI=1S/C14H20N2O4S/c1-11(2)16-14(18)10-15-13(17)8-9-21(19,20)12-6-4-3-5-7-12/h3-7,11H,8-10H2,1-2H3,(H,15,17)(H,16,18). The molecular weight excluding hydrogens is 292 g/mol. The first-order valence-electron chi connectivity index (χ1n) is 6.65. The van der Waals surface area contributed by atoms with Gasteiger partial charge in [-0.2, -0.15) is 0 Å². The van der Waals surface area contributed by atoms with Gasteiger partial charge >= 0.3 is 0 Å². The summed E-state index contributed by atoms with van der Waals surface area (Å²) in [6, 6.07) is 7.95. The van der Waals surface area contributed by atoms with Crippen LogP contribution in [-0.2, 0) is 19.4 Å². The second-order valence-electron chi connectivity index (χ2n) is 4.88. The predicted molar refractivity (Wildman–Crippen MR) is 79.4 cm³/mol. The van der Waals surface area contributed by atoms with Gasteiger partial charge in [0.1, 0.15) is 0 Å². The quantitative estimate of drug-likeness (QED) is 0.766. The van der Waals surface area contributed by atoms with E-state index in [1.54, 1.807) is 18.2 Å². The number of benzene rings is 1. The molecule has 2 amide bonds. The van der Waals surface area contributed by atoms with E-state index in [9.17, 15) is 18.0 Å². The maximum atomic E-state index is 12.0. The van der Waals surface area contributed by atoms with Crippen molar-refractivity contribution in [3.05, 3.63) is 30.3 Å². The lowest BCUT2D eigenvalue weighted by Crippen LogP contribution is -2.40. The molecule has 0 radical (unpaired) electrons. The van der Waals surface area contributed by atoms with Gasteiger partial charge in [-0.25, -0.2) is 8.42 Å². The zero-order chi connectivity index (χ0) is 15.9. The molecule has 0 saturated carbocycles. The zero-order valence-corrected chi connectivity index (χ0v) is 12.9. The van der Waals surface area contributed by atoms with Crippen LogP contribution in [0.1, 0.15) is 20.3 Å². The number of nitrogens with one attached hydrogen (secondary N) is 2. The summed E-state index contributed by atoms with van der Waals surface area (Å²) in [4.78, 5) is 23.1. The highest BCUT2D eigenvalue weighted by atomic mass is 32.2. The largest absolute Gasteiger partial charge is 0.352 e. The summed E-state index contributed by atoms with van der Waals surface area (Å²) in [5.41, 5.74) is 0. The smallest absolute Gasteiger partial charge is 0.239 e. The Hall–Kier alpha value is -1.89. The Balaban J connectivity index is 2.41. The molecule has 0 heterocycles. The predicted octanol–water partition coefficient (Wildman–Crippen LogP) is 0.491. The summed E-state index contributed by atoms with van der Waals surface area (Å²) in [5, 5.41) is 5.02. The van der Waals surface area contributed by atoms with Crippen molar-refractivity contribution in [3.8, 4) is 0 Å². The Labute approximate surface area is 124 Å². The molecule has 0 spiro atoms. The Bertz CT molecular complexity index is 582. The Morgan fingerprint density at radius 3 is 2.29 bits per heavy atom. The molecule has 0 fully saturated rings. The molecule has 1 rings (SSSR count). The molecule has 0 atom stereocenters. The molecule has 21 heavy (non-hydrogen) atoms. The number of hydrogen-bond acceptors (Lipinski definition) is 4. The van der Waals surface area contributed by atoms with Crippen LogP contribution >= 0.6 is 0 Å². The molecule has 0 saturated heterocycles. The van der Waals surface area contributed by atoms with E-state index in [1.165, 1.54) is 12.1 Å². The summed E-state index contributed by atoms with van der Waals surface area (Å²) < 4.78 is 23.9. The topological polar surface area (TPSA) is 92.3 Å². The lowest BCUT2D eigenvalue weighted by molar-refractivity contribution is -0.126. The zero-order valence-electron chi connectivity index (χ0n) is 12.1. The third-order valence-corrected chi connectivity index (χ3v) is 4.33. The monoisotopic (exact) mass is 312 g/mol. The third-order valence-electron chi connectivity index (χ3n) is 2.60. The van der Waals surface area contributed by atoms with Crippen LogP contribution in [0.4, 0.5) is 0 Å². The molecule has 0 aliphatic rings. The molecule has 2 N–H and O–H groups in total. The van der Waals surface area contributed by atoms with Crippen LogP contribution < -0.4 is 10.6 Å². The summed E-state index contributed by atoms with van der Waals surface area (Å²) in [5.74, 6) is -1.05. The van der Waals surface area contributed by atoms with Crippen LogP contribution in [0.3, 0.4) is 0 Å². The van der Waals surface area contributed by atoms with Crippen molar-refractivity contribution in [1.29, 1.82) is 0 Å². The molecule has 0 aromatic heterocycles. The van der Waals surface area contributed by atoms with Crippen molar-refractivity contribution in [2.75, 3.05) is 12.3 Å². The second-order valence-corrected chi connectivity index (χ2v) is 6.99. The van der Waals surface area contributed by atoms with Crippen LogP contribution in [0.15, 0.2) is 35.2 Å². The van der Waals surface area contributed by atoms with Gasteiger partial charge in [0.15, 0.2) is 9.84 Å². The first-order valence-corrected chi connectivity index (χ1v) is 8.30. The molecular formula is C14H20N2O4S. The van der Waals surface area contributed by atoms with Gasteiger partial charge < -0.3 is 10.6 Å². The second kappa shape index (κ2) is 7.78. The van der Waals surface area contributed by atoms with Crippen LogP contribution in [0.5, 0.6) is 0 Å². The van der Waals surface area contributed by atoms with E-state index < -0.39 is 15.7 Å². The molecule has 0 aliphatic carbocycles. The summed E-state index contributed by atoms with van der Waals surface area (Å²) >= 11 is 0. The average molecular weight is 312 g/mol. The summed E-state index contributed by atoms with van der Waals surface area (Å²) in [6.07, 6.45) is -0.174. The Morgan fingerprint density at radius 1 is 1.10 bits per heavy atom. The summed E-state index contributed by atoms with van der Waals surface area (Å²) in [7, 11) is -3.47. The third kappa shape index (κ3) is 6.40. The van der Waals surface area contributed by atoms with Gasteiger partial charge in [0.05, 0.1) is 17.2 Å². The van der Waals surface area contributed by atoms with Crippen LogP contribution in [-0.4, -0.2) is 38.6 Å². The molecule has 0 unspecified atom stereocenters. The Morgan fingerprint density at radius 2 is 1.71 bits per heavy atom. The van der Waals surface area contributed by atoms with Crippen molar-refractivity contribution in [2.45, 2.75) is 31.2 Å². The maximum Gasteiger partial charge on any atom is 0.239 e. The SMILES string of the molecule is CC(C)NC(=O)CNC(=O)CCS(=O)(=O)c1ccccc1. The minimum atomic E-state index is -3.47. The van der Waals surface area contributed by atoms with Gasteiger partial charge in [0, 0.05) is 12.5 Å². The molecule has 1 aromatic carbocycles. The van der Waals surface area contributed by atoms with Gasteiger partial charge in [-0.1, -0.05) is 18.2 Å². The van der Waals surface area contributed by atoms with Crippen molar-refractivity contribution < 1.29 is 18.0 Å². The summed E-state index contributed by atoms with van der Waals surface area (Å²) in [6.45, 7) is 3.47. The van der Waals surface area contributed by atoms with E-state index in [0.717, 1.165) is 0 Å². The van der Waals surface area contributed by atoms with Crippen molar-refractivity contribution in [2.24, 2.45) is 0 Å². The molecule has 7 heteroatoms. The molecule has 116 valence electrons. The number of sulfone groups is 1. The van der Waals surface area contributed by atoms with Crippen molar-refractivity contribution >= 4 is 21.7 Å². The number of carbonyl (C=O) groups is 2. The molecule has 1 aromatic rings.